The third-order valence-electron chi connectivity index (χ3n) is 2.66. The van der Waals surface area contributed by atoms with Gasteiger partial charge < -0.3 is 5.11 Å². The molecule has 2 rings (SSSR count). The molecule has 1 aromatic heterocycles. The Morgan fingerprint density at radius 1 is 1.40 bits per heavy atom. The number of rotatable bonds is 3. The molecule has 1 unspecified atom stereocenters. The highest BCUT2D eigenvalue weighted by Gasteiger charge is 2.14. The molecule has 0 aliphatic rings. The van der Waals surface area contributed by atoms with Gasteiger partial charge in [0.2, 0.25) is 0 Å². The lowest BCUT2D eigenvalue weighted by Gasteiger charge is -2.05. The van der Waals surface area contributed by atoms with Crippen LogP contribution in [0.3, 0.4) is 0 Å². The molecule has 1 N–H and O–H groups in total. The number of fused-ring (bicyclic) bond motifs is 1. The van der Waals surface area contributed by atoms with Crippen molar-refractivity contribution in [1.29, 1.82) is 0 Å². The second-order valence-corrected chi connectivity index (χ2v) is 3.83. The maximum Gasteiger partial charge on any atom is 0.0988 e. The summed E-state index contributed by atoms with van der Waals surface area (Å²) in [5.41, 5.74) is 1.87. The number of para-hydroxylation sites is 1. The van der Waals surface area contributed by atoms with E-state index in [1.165, 1.54) is 0 Å². The summed E-state index contributed by atoms with van der Waals surface area (Å²) in [7, 11) is 1.91. The van der Waals surface area contributed by atoms with Gasteiger partial charge in [0.1, 0.15) is 0 Å². The fourth-order valence-electron chi connectivity index (χ4n) is 1.90. The average molecular weight is 204 g/mol. The Hall–Kier alpha value is -1.35. The largest absolute Gasteiger partial charge is 0.387 e. The van der Waals surface area contributed by atoms with Crippen LogP contribution in [0.1, 0.15) is 31.6 Å². The first-order valence-corrected chi connectivity index (χ1v) is 5.33. The molecule has 2 aromatic rings. The van der Waals surface area contributed by atoms with Crippen LogP contribution in [0.2, 0.25) is 0 Å². The second-order valence-electron chi connectivity index (χ2n) is 3.83. The second kappa shape index (κ2) is 4.03. The average Bonchev–Trinajstić information content (AvgIpc) is 2.58. The highest BCUT2D eigenvalue weighted by molar-refractivity contribution is 5.82. The molecule has 0 bridgehead atoms. The minimum atomic E-state index is -0.443. The molecule has 1 atom stereocenters. The first-order valence-electron chi connectivity index (χ1n) is 5.33. The maximum atomic E-state index is 9.96. The number of nitrogens with zero attached hydrogens (tertiary/aromatic N) is 2. The zero-order chi connectivity index (χ0) is 10.8. The van der Waals surface area contributed by atoms with Gasteiger partial charge in [-0.25, -0.2) is 0 Å². The third kappa shape index (κ3) is 1.75. The number of aliphatic hydroxyl groups is 1. The van der Waals surface area contributed by atoms with Crippen molar-refractivity contribution in [3.63, 3.8) is 0 Å². The highest BCUT2D eigenvalue weighted by atomic mass is 16.3. The lowest BCUT2D eigenvalue weighted by atomic mass is 10.1. The van der Waals surface area contributed by atoms with Crippen LogP contribution < -0.4 is 0 Å². The van der Waals surface area contributed by atoms with Crippen LogP contribution >= 0.6 is 0 Å². The summed E-state index contributed by atoms with van der Waals surface area (Å²) in [5.74, 6) is 0. The molecule has 0 aliphatic carbocycles. The van der Waals surface area contributed by atoms with Gasteiger partial charge in [0.15, 0.2) is 0 Å². The molecule has 3 heteroatoms. The summed E-state index contributed by atoms with van der Waals surface area (Å²) in [6.45, 7) is 2.06. The number of aliphatic hydroxyl groups excluding tert-OH is 1. The molecule has 1 heterocycles. The van der Waals surface area contributed by atoms with Crippen LogP contribution in [-0.4, -0.2) is 14.9 Å². The van der Waals surface area contributed by atoms with Crippen molar-refractivity contribution in [2.75, 3.05) is 0 Å². The maximum absolute atomic E-state index is 9.96. The zero-order valence-corrected chi connectivity index (χ0v) is 9.14. The molecule has 0 saturated heterocycles. The Balaban J connectivity index is 2.52. The fourth-order valence-corrected chi connectivity index (χ4v) is 1.90. The summed E-state index contributed by atoms with van der Waals surface area (Å²) in [5, 5.41) is 15.4. The Kier molecular flexibility index (Phi) is 2.73. The molecule has 0 saturated carbocycles. The zero-order valence-electron chi connectivity index (χ0n) is 9.14. The van der Waals surface area contributed by atoms with Gasteiger partial charge in [0.25, 0.3) is 0 Å². The van der Waals surface area contributed by atoms with Crippen LogP contribution in [0.4, 0.5) is 0 Å². The van der Waals surface area contributed by atoms with Crippen LogP contribution in [0.5, 0.6) is 0 Å². The number of aromatic nitrogens is 2. The first-order chi connectivity index (χ1) is 7.24. The molecular formula is C12H16N2O. The summed E-state index contributed by atoms with van der Waals surface area (Å²) < 4.78 is 1.82. The van der Waals surface area contributed by atoms with Crippen molar-refractivity contribution in [3.05, 3.63) is 30.0 Å². The van der Waals surface area contributed by atoms with E-state index in [-0.39, 0.29) is 0 Å². The molecule has 0 radical (unpaired) electrons. The highest BCUT2D eigenvalue weighted by Crippen LogP contribution is 2.25. The van der Waals surface area contributed by atoms with Gasteiger partial charge in [-0.2, -0.15) is 5.10 Å². The van der Waals surface area contributed by atoms with Crippen molar-refractivity contribution < 1.29 is 5.11 Å². The van der Waals surface area contributed by atoms with Crippen molar-refractivity contribution in [2.24, 2.45) is 7.05 Å². The van der Waals surface area contributed by atoms with Gasteiger partial charge in [0, 0.05) is 12.4 Å². The van der Waals surface area contributed by atoms with E-state index in [1.54, 1.807) is 0 Å². The van der Waals surface area contributed by atoms with E-state index in [2.05, 4.69) is 12.0 Å². The van der Waals surface area contributed by atoms with Crippen LogP contribution in [-0.2, 0) is 7.05 Å². The van der Waals surface area contributed by atoms with Gasteiger partial charge in [-0.15, -0.1) is 0 Å². The molecular weight excluding hydrogens is 188 g/mol. The monoisotopic (exact) mass is 204 g/mol. The van der Waals surface area contributed by atoms with Gasteiger partial charge in [-0.05, 0) is 12.5 Å². The number of hydrogen-bond donors (Lipinski definition) is 1. The van der Waals surface area contributed by atoms with E-state index >= 15 is 0 Å². The summed E-state index contributed by atoms with van der Waals surface area (Å²) in [6, 6.07) is 7.99. The molecule has 0 aliphatic heterocycles. The number of aryl methyl sites for hydroxylation is 1. The van der Waals surface area contributed by atoms with Crippen molar-refractivity contribution in [2.45, 2.75) is 25.9 Å². The van der Waals surface area contributed by atoms with Crippen LogP contribution in [0.15, 0.2) is 24.3 Å². The molecule has 0 fully saturated rings. The molecule has 0 spiro atoms. The van der Waals surface area contributed by atoms with Crippen molar-refractivity contribution in [1.82, 2.24) is 9.78 Å². The Bertz CT molecular complexity index is 462. The minimum absolute atomic E-state index is 0.443. The molecule has 80 valence electrons. The minimum Gasteiger partial charge on any atom is -0.387 e. The Morgan fingerprint density at radius 3 is 2.87 bits per heavy atom. The van der Waals surface area contributed by atoms with Gasteiger partial charge in [0.05, 0.1) is 17.3 Å². The van der Waals surface area contributed by atoms with E-state index in [9.17, 15) is 5.11 Å². The smallest absolute Gasteiger partial charge is 0.0988 e. The van der Waals surface area contributed by atoms with E-state index in [0.717, 1.165) is 29.4 Å². The molecule has 0 amide bonds. The molecule has 1 aromatic carbocycles. The normalized spacial score (nSPS) is 13.3. The van der Waals surface area contributed by atoms with E-state index in [1.807, 2.05) is 36.0 Å². The predicted octanol–water partition coefficient (Wildman–Crippen LogP) is 2.41. The standard InChI is InChI=1S/C12H16N2O/c1-3-6-11(15)12-9-7-4-5-8-10(9)14(2)13-12/h4-5,7-8,11,15H,3,6H2,1-2H3. The lowest BCUT2D eigenvalue weighted by Crippen LogP contribution is -1.99. The Labute approximate surface area is 89.3 Å². The van der Waals surface area contributed by atoms with E-state index in [0.29, 0.717) is 0 Å². The molecule has 3 nitrogen and oxygen atoms in total. The number of benzene rings is 1. The number of hydrogen-bond acceptors (Lipinski definition) is 2. The van der Waals surface area contributed by atoms with Gasteiger partial charge in [-0.1, -0.05) is 31.5 Å². The summed E-state index contributed by atoms with van der Waals surface area (Å²) >= 11 is 0. The first kappa shape index (κ1) is 10.2. The predicted molar refractivity (Wildman–Crippen MR) is 60.6 cm³/mol. The summed E-state index contributed by atoms with van der Waals surface area (Å²) in [6.07, 6.45) is 1.29. The SMILES string of the molecule is CCCC(O)c1nn(C)c2ccccc12. The van der Waals surface area contributed by atoms with E-state index in [4.69, 9.17) is 0 Å². The third-order valence-corrected chi connectivity index (χ3v) is 2.66. The molecule has 15 heavy (non-hydrogen) atoms. The van der Waals surface area contributed by atoms with Crippen LogP contribution in [0.25, 0.3) is 10.9 Å². The topological polar surface area (TPSA) is 38.1 Å². The fraction of sp³-hybridized carbons (Fsp3) is 0.417. The lowest BCUT2D eigenvalue weighted by molar-refractivity contribution is 0.162. The quantitative estimate of drug-likeness (QED) is 0.833. The summed E-state index contributed by atoms with van der Waals surface area (Å²) in [4.78, 5) is 0. The van der Waals surface area contributed by atoms with Crippen molar-refractivity contribution in [3.8, 4) is 0 Å². The Morgan fingerprint density at radius 2 is 2.13 bits per heavy atom. The van der Waals surface area contributed by atoms with E-state index < -0.39 is 6.10 Å². The van der Waals surface area contributed by atoms with Crippen molar-refractivity contribution >= 4 is 10.9 Å². The van der Waals surface area contributed by atoms with Crippen LogP contribution in [0, 0.1) is 0 Å². The van der Waals surface area contributed by atoms with Gasteiger partial charge in [-0.3, -0.25) is 4.68 Å². The van der Waals surface area contributed by atoms with Gasteiger partial charge >= 0.3 is 0 Å².